The number of carbonyl (C=O) groups excluding carboxylic acids is 1. The fourth-order valence-electron chi connectivity index (χ4n) is 2.08. The smallest absolute Gasteiger partial charge is 0.277 e. The molecule has 1 aromatic carbocycles. The molecular weight excluding hydrogens is 344 g/mol. The zero-order valence-electron chi connectivity index (χ0n) is 13.3. The summed E-state index contributed by atoms with van der Waals surface area (Å²) in [6, 6.07) is 11.3. The Labute approximate surface area is 148 Å². The largest absolute Gasteiger partial charge is 0.493 e. The number of nitrogens with zero attached hydrogens (tertiary/aromatic N) is 2. The van der Waals surface area contributed by atoms with Crippen molar-refractivity contribution in [3.05, 3.63) is 46.2 Å². The van der Waals surface area contributed by atoms with Gasteiger partial charge in [-0.05, 0) is 38.1 Å². The van der Waals surface area contributed by atoms with Gasteiger partial charge in [-0.25, -0.2) is 0 Å². The summed E-state index contributed by atoms with van der Waals surface area (Å²) in [6.45, 7) is 4.46. The maximum atomic E-state index is 12.1. The average molecular weight is 360 g/mol. The van der Waals surface area contributed by atoms with Crippen LogP contribution in [0.5, 0.6) is 5.75 Å². The second-order valence-corrected chi connectivity index (χ2v) is 7.14. The molecule has 0 atom stereocenters. The van der Waals surface area contributed by atoms with Crippen molar-refractivity contribution >= 4 is 28.9 Å². The molecule has 0 unspecified atom stereocenters. The number of benzene rings is 1. The number of hydrogen-bond acceptors (Lipinski definition) is 7. The van der Waals surface area contributed by atoms with Gasteiger partial charge in [-0.2, -0.15) is 0 Å². The Balaban J connectivity index is 1.69. The molecule has 2 heterocycles. The highest BCUT2D eigenvalue weighted by atomic mass is 32.2. The van der Waals surface area contributed by atoms with Gasteiger partial charge in [0, 0.05) is 4.88 Å². The van der Waals surface area contributed by atoms with Crippen LogP contribution in [0.15, 0.2) is 46.0 Å². The van der Waals surface area contributed by atoms with Crippen molar-refractivity contribution in [2.75, 3.05) is 12.4 Å². The minimum atomic E-state index is 0.0626. The van der Waals surface area contributed by atoms with Crippen LogP contribution in [0.2, 0.25) is 0 Å². The number of aromatic nitrogens is 2. The molecule has 0 amide bonds. The van der Waals surface area contributed by atoms with Gasteiger partial charge in [-0.15, -0.1) is 21.5 Å². The minimum absolute atomic E-state index is 0.0626. The molecule has 0 aliphatic heterocycles. The average Bonchev–Trinajstić information content (AvgIpc) is 3.22. The zero-order chi connectivity index (χ0) is 16.9. The van der Waals surface area contributed by atoms with Crippen LogP contribution in [0.25, 0.3) is 11.5 Å². The highest BCUT2D eigenvalue weighted by Crippen LogP contribution is 2.31. The van der Waals surface area contributed by atoms with Gasteiger partial charge in [0.15, 0.2) is 5.78 Å². The number of thiophene rings is 1. The third-order valence-corrected chi connectivity index (χ3v) is 5.03. The molecule has 0 fully saturated rings. The van der Waals surface area contributed by atoms with Crippen LogP contribution in [-0.4, -0.2) is 28.3 Å². The van der Waals surface area contributed by atoms with Crippen molar-refractivity contribution in [2.24, 2.45) is 0 Å². The fraction of sp³-hybridized carbons (Fsp3) is 0.235. The van der Waals surface area contributed by atoms with Crippen molar-refractivity contribution in [2.45, 2.75) is 19.1 Å². The predicted octanol–water partition coefficient (Wildman–Crippen LogP) is 4.48. The van der Waals surface area contributed by atoms with Crippen LogP contribution in [0.3, 0.4) is 0 Å². The molecular formula is C17H16N2O3S2. The highest BCUT2D eigenvalue weighted by Gasteiger charge is 2.15. The van der Waals surface area contributed by atoms with E-state index in [1.807, 2.05) is 50.2 Å². The molecule has 0 saturated heterocycles. The molecule has 0 aliphatic rings. The summed E-state index contributed by atoms with van der Waals surface area (Å²) in [7, 11) is 0. The Morgan fingerprint density at radius 3 is 2.83 bits per heavy atom. The highest BCUT2D eigenvalue weighted by molar-refractivity contribution is 7.99. The maximum Gasteiger partial charge on any atom is 0.277 e. The van der Waals surface area contributed by atoms with E-state index in [1.165, 1.54) is 23.1 Å². The van der Waals surface area contributed by atoms with Gasteiger partial charge in [0.25, 0.3) is 11.1 Å². The van der Waals surface area contributed by atoms with Gasteiger partial charge >= 0.3 is 0 Å². The van der Waals surface area contributed by atoms with E-state index >= 15 is 0 Å². The number of aryl methyl sites for hydroxylation is 1. The molecule has 0 radical (unpaired) electrons. The minimum Gasteiger partial charge on any atom is -0.493 e. The molecule has 3 rings (SSSR count). The Hall–Kier alpha value is -2.12. The molecule has 0 N–H and O–H groups in total. The summed E-state index contributed by atoms with van der Waals surface area (Å²) in [6.07, 6.45) is 0. The molecule has 0 spiro atoms. The van der Waals surface area contributed by atoms with E-state index in [1.54, 1.807) is 0 Å². The molecule has 124 valence electrons. The summed E-state index contributed by atoms with van der Waals surface area (Å²) in [5.74, 6) is 1.42. The van der Waals surface area contributed by atoms with Crippen molar-refractivity contribution in [3.63, 3.8) is 0 Å². The first-order valence-electron chi connectivity index (χ1n) is 7.45. The lowest BCUT2D eigenvalue weighted by Gasteiger charge is -2.05. The quantitative estimate of drug-likeness (QED) is 0.457. The Morgan fingerprint density at radius 2 is 2.08 bits per heavy atom. The van der Waals surface area contributed by atoms with Crippen LogP contribution in [0.4, 0.5) is 0 Å². The Kier molecular flexibility index (Phi) is 5.32. The van der Waals surface area contributed by atoms with E-state index < -0.39 is 0 Å². The van der Waals surface area contributed by atoms with E-state index in [0.717, 1.165) is 15.3 Å². The molecule has 0 bridgehead atoms. The van der Waals surface area contributed by atoms with E-state index in [2.05, 4.69) is 10.2 Å². The van der Waals surface area contributed by atoms with E-state index in [0.29, 0.717) is 23.5 Å². The SMILES string of the molecule is CCOc1ccccc1-c1nnc(SCC(=O)c2ccc(C)s2)o1. The second-order valence-electron chi connectivity index (χ2n) is 4.92. The summed E-state index contributed by atoms with van der Waals surface area (Å²) in [5, 5.41) is 8.44. The van der Waals surface area contributed by atoms with E-state index in [4.69, 9.17) is 9.15 Å². The molecule has 7 heteroatoms. The number of thioether (sulfide) groups is 1. The maximum absolute atomic E-state index is 12.1. The number of para-hydroxylation sites is 1. The summed E-state index contributed by atoms with van der Waals surface area (Å²) in [4.78, 5) is 14.0. The normalized spacial score (nSPS) is 10.8. The van der Waals surface area contributed by atoms with Crippen molar-refractivity contribution in [3.8, 4) is 17.2 Å². The van der Waals surface area contributed by atoms with Crippen LogP contribution in [0.1, 0.15) is 21.5 Å². The van der Waals surface area contributed by atoms with Gasteiger partial charge in [0.2, 0.25) is 0 Å². The van der Waals surface area contributed by atoms with E-state index in [9.17, 15) is 4.79 Å². The predicted molar refractivity (Wildman–Crippen MR) is 95.0 cm³/mol. The van der Waals surface area contributed by atoms with Crippen molar-refractivity contribution in [1.82, 2.24) is 10.2 Å². The number of ether oxygens (including phenoxy) is 1. The Bertz CT molecular complexity index is 842. The summed E-state index contributed by atoms with van der Waals surface area (Å²) in [5.41, 5.74) is 0.749. The summed E-state index contributed by atoms with van der Waals surface area (Å²) < 4.78 is 11.2. The van der Waals surface area contributed by atoms with Crippen LogP contribution in [-0.2, 0) is 0 Å². The first kappa shape index (κ1) is 16.7. The number of ketones is 1. The zero-order valence-corrected chi connectivity index (χ0v) is 14.9. The fourth-order valence-corrected chi connectivity index (χ4v) is 3.63. The molecule has 0 saturated carbocycles. The topological polar surface area (TPSA) is 65.2 Å². The number of carbonyl (C=O) groups is 1. The molecule has 2 aromatic heterocycles. The van der Waals surface area contributed by atoms with Crippen molar-refractivity contribution in [1.29, 1.82) is 0 Å². The number of Topliss-reactive ketones (excluding diaryl/α,β-unsaturated/α-hetero) is 1. The third-order valence-electron chi connectivity index (χ3n) is 3.17. The van der Waals surface area contributed by atoms with Gasteiger partial charge in [0.1, 0.15) is 5.75 Å². The van der Waals surface area contributed by atoms with Gasteiger partial charge in [-0.1, -0.05) is 23.9 Å². The third kappa shape index (κ3) is 3.85. The van der Waals surface area contributed by atoms with Crippen LogP contribution < -0.4 is 4.74 Å². The van der Waals surface area contributed by atoms with Crippen LogP contribution in [0, 0.1) is 6.92 Å². The molecule has 3 aromatic rings. The van der Waals surface area contributed by atoms with Gasteiger partial charge in [0.05, 0.1) is 22.8 Å². The molecule has 0 aliphatic carbocycles. The molecule has 24 heavy (non-hydrogen) atoms. The lowest BCUT2D eigenvalue weighted by atomic mass is 10.2. The lowest BCUT2D eigenvalue weighted by molar-refractivity contribution is 0.102. The van der Waals surface area contributed by atoms with Crippen molar-refractivity contribution < 1.29 is 13.9 Å². The number of hydrogen-bond donors (Lipinski definition) is 0. The Morgan fingerprint density at radius 1 is 1.25 bits per heavy atom. The first-order valence-corrected chi connectivity index (χ1v) is 9.25. The summed E-state index contributed by atoms with van der Waals surface area (Å²) >= 11 is 2.74. The van der Waals surface area contributed by atoms with Gasteiger partial charge < -0.3 is 9.15 Å². The lowest BCUT2D eigenvalue weighted by Crippen LogP contribution is -1.99. The van der Waals surface area contributed by atoms with Gasteiger partial charge in [-0.3, -0.25) is 4.79 Å². The van der Waals surface area contributed by atoms with E-state index in [-0.39, 0.29) is 11.5 Å². The monoisotopic (exact) mass is 360 g/mol. The standard InChI is InChI=1S/C17H16N2O3S2/c1-3-21-14-7-5-4-6-12(14)16-18-19-17(22-16)23-10-13(20)15-9-8-11(2)24-15/h4-9H,3,10H2,1-2H3. The number of rotatable bonds is 7. The second kappa shape index (κ2) is 7.63. The first-order chi connectivity index (χ1) is 11.7. The molecule has 5 nitrogen and oxygen atoms in total. The van der Waals surface area contributed by atoms with Crippen LogP contribution >= 0.6 is 23.1 Å².